The van der Waals surface area contributed by atoms with Crippen molar-refractivity contribution in [3.8, 4) is 0 Å². The maximum atomic E-state index is 2.73. The minimum atomic E-state index is 0.348. The molecule has 1 aliphatic rings. The van der Waals surface area contributed by atoms with E-state index < -0.39 is 0 Å². The number of hydrogen-bond acceptors (Lipinski definition) is 2. The van der Waals surface area contributed by atoms with Gasteiger partial charge in [-0.05, 0) is 78.5 Å². The van der Waals surface area contributed by atoms with E-state index >= 15 is 0 Å². The Morgan fingerprint density at radius 3 is 1.09 bits per heavy atom. The molecule has 2 nitrogen and oxygen atoms in total. The SMILES string of the molecule is CCC(C)c1cccc(C(C)CC)c1N1CCN(c2c(C(C)CC)cccc2C(C)CC)C1C. The van der Waals surface area contributed by atoms with Crippen molar-refractivity contribution in [3.63, 3.8) is 0 Å². The van der Waals surface area contributed by atoms with E-state index in [1.807, 2.05) is 0 Å². The molecule has 34 heavy (non-hydrogen) atoms. The van der Waals surface area contributed by atoms with Crippen molar-refractivity contribution in [2.24, 2.45) is 0 Å². The van der Waals surface area contributed by atoms with Gasteiger partial charge < -0.3 is 9.80 Å². The van der Waals surface area contributed by atoms with Gasteiger partial charge in [0.1, 0.15) is 0 Å². The second-order valence-electron chi connectivity index (χ2n) is 10.8. The van der Waals surface area contributed by atoms with Crippen LogP contribution in [0.4, 0.5) is 11.4 Å². The fourth-order valence-electron chi connectivity index (χ4n) is 5.65. The summed E-state index contributed by atoms with van der Waals surface area (Å²) in [5.41, 5.74) is 9.18. The number of para-hydroxylation sites is 2. The monoisotopic (exact) mass is 462 g/mol. The van der Waals surface area contributed by atoms with E-state index in [1.54, 1.807) is 0 Å². The Morgan fingerprint density at radius 1 is 0.588 bits per heavy atom. The summed E-state index contributed by atoms with van der Waals surface area (Å²) in [5, 5.41) is 0. The molecule has 4 unspecified atom stereocenters. The van der Waals surface area contributed by atoms with Gasteiger partial charge in [-0.25, -0.2) is 0 Å². The average molecular weight is 463 g/mol. The van der Waals surface area contributed by atoms with E-state index in [4.69, 9.17) is 0 Å². The van der Waals surface area contributed by atoms with Crippen LogP contribution in [-0.4, -0.2) is 19.3 Å². The first-order chi connectivity index (χ1) is 16.3. The van der Waals surface area contributed by atoms with Crippen LogP contribution in [0.25, 0.3) is 0 Å². The number of rotatable bonds is 10. The van der Waals surface area contributed by atoms with Crippen molar-refractivity contribution < 1.29 is 0 Å². The topological polar surface area (TPSA) is 6.48 Å². The average Bonchev–Trinajstić information content (AvgIpc) is 3.25. The summed E-state index contributed by atoms with van der Waals surface area (Å²) in [4.78, 5) is 5.47. The van der Waals surface area contributed by atoms with Gasteiger partial charge in [-0.15, -0.1) is 0 Å². The van der Waals surface area contributed by atoms with Gasteiger partial charge in [0.25, 0.3) is 0 Å². The summed E-state index contributed by atoms with van der Waals surface area (Å²) in [5.74, 6) is 2.29. The highest BCUT2D eigenvalue weighted by molar-refractivity contribution is 5.69. The van der Waals surface area contributed by atoms with Crippen molar-refractivity contribution >= 4 is 11.4 Å². The summed E-state index contributed by atoms with van der Waals surface area (Å²) in [7, 11) is 0. The van der Waals surface area contributed by atoms with Gasteiger partial charge in [-0.1, -0.05) is 91.8 Å². The van der Waals surface area contributed by atoms with Crippen LogP contribution < -0.4 is 9.80 Å². The second-order valence-corrected chi connectivity index (χ2v) is 10.8. The lowest BCUT2D eigenvalue weighted by molar-refractivity contribution is 0.663. The molecule has 0 radical (unpaired) electrons. The molecule has 188 valence electrons. The lowest BCUT2D eigenvalue weighted by Gasteiger charge is -2.37. The molecule has 2 aromatic carbocycles. The molecule has 0 bridgehead atoms. The first-order valence-electron chi connectivity index (χ1n) is 14.1. The second kappa shape index (κ2) is 11.6. The molecule has 1 fully saturated rings. The molecular formula is C32H50N2. The zero-order chi connectivity index (χ0) is 25.0. The Morgan fingerprint density at radius 2 is 0.853 bits per heavy atom. The third-order valence-corrected chi connectivity index (χ3v) is 8.83. The third kappa shape index (κ3) is 5.02. The minimum absolute atomic E-state index is 0.348. The van der Waals surface area contributed by atoms with E-state index in [0.29, 0.717) is 29.8 Å². The van der Waals surface area contributed by atoms with Crippen molar-refractivity contribution in [2.45, 2.75) is 118 Å². The van der Waals surface area contributed by atoms with E-state index in [0.717, 1.165) is 13.1 Å². The predicted octanol–water partition coefficient (Wildman–Crippen LogP) is 9.41. The van der Waals surface area contributed by atoms with Gasteiger partial charge in [-0.3, -0.25) is 0 Å². The van der Waals surface area contributed by atoms with Crippen molar-refractivity contribution in [3.05, 3.63) is 58.7 Å². The van der Waals surface area contributed by atoms with E-state index in [2.05, 4.69) is 109 Å². The fourth-order valence-corrected chi connectivity index (χ4v) is 5.65. The zero-order valence-electron chi connectivity index (χ0n) is 23.5. The Kier molecular flexibility index (Phi) is 9.13. The van der Waals surface area contributed by atoms with Gasteiger partial charge in [0.2, 0.25) is 0 Å². The van der Waals surface area contributed by atoms with Gasteiger partial charge in [0.15, 0.2) is 0 Å². The first-order valence-corrected chi connectivity index (χ1v) is 14.1. The Balaban J connectivity index is 2.13. The Bertz CT molecular complexity index is 801. The third-order valence-electron chi connectivity index (χ3n) is 8.83. The molecule has 1 heterocycles. The molecule has 4 atom stereocenters. The summed E-state index contributed by atoms with van der Waals surface area (Å²) in [6, 6.07) is 14.2. The zero-order valence-corrected chi connectivity index (χ0v) is 23.5. The van der Waals surface area contributed by atoms with E-state index in [9.17, 15) is 0 Å². The first kappa shape index (κ1) is 26.6. The molecule has 0 aromatic heterocycles. The van der Waals surface area contributed by atoms with Crippen LogP contribution in [0.1, 0.15) is 134 Å². The normalized spacial score (nSPS) is 19.9. The summed E-state index contributed by atoms with van der Waals surface area (Å²) >= 11 is 0. The quantitative estimate of drug-likeness (QED) is 0.347. The van der Waals surface area contributed by atoms with Crippen LogP contribution >= 0.6 is 0 Å². The molecule has 2 aromatic rings. The maximum Gasteiger partial charge on any atom is 0.0988 e. The molecule has 0 saturated carbocycles. The minimum Gasteiger partial charge on any atom is -0.349 e. The number of benzene rings is 2. The summed E-state index contributed by atoms with van der Waals surface area (Å²) < 4.78 is 0. The van der Waals surface area contributed by atoms with Crippen LogP contribution in [0.15, 0.2) is 36.4 Å². The molecule has 0 aliphatic carbocycles. The summed E-state index contributed by atoms with van der Waals surface area (Å²) in [6.07, 6.45) is 5.06. The predicted molar refractivity (Wildman–Crippen MR) is 152 cm³/mol. The highest BCUT2D eigenvalue weighted by Crippen LogP contribution is 2.44. The summed E-state index contributed by atoms with van der Waals surface area (Å²) in [6.45, 7) is 23.5. The van der Waals surface area contributed by atoms with Crippen molar-refractivity contribution in [1.82, 2.24) is 0 Å². The number of anilines is 2. The van der Waals surface area contributed by atoms with Crippen LogP contribution in [0.3, 0.4) is 0 Å². The van der Waals surface area contributed by atoms with E-state index in [1.165, 1.54) is 59.3 Å². The molecule has 1 saturated heterocycles. The molecular weight excluding hydrogens is 412 g/mol. The van der Waals surface area contributed by atoms with Crippen LogP contribution in [0.2, 0.25) is 0 Å². The molecule has 0 amide bonds. The van der Waals surface area contributed by atoms with Gasteiger partial charge in [-0.2, -0.15) is 0 Å². The van der Waals surface area contributed by atoms with Gasteiger partial charge in [0, 0.05) is 24.5 Å². The maximum absolute atomic E-state index is 2.73. The smallest absolute Gasteiger partial charge is 0.0988 e. The molecule has 2 heteroatoms. The van der Waals surface area contributed by atoms with Gasteiger partial charge >= 0.3 is 0 Å². The highest BCUT2D eigenvalue weighted by atomic mass is 15.4. The van der Waals surface area contributed by atoms with Crippen LogP contribution in [-0.2, 0) is 0 Å². The van der Waals surface area contributed by atoms with Crippen LogP contribution in [0, 0.1) is 0 Å². The number of nitrogens with zero attached hydrogens (tertiary/aromatic N) is 2. The van der Waals surface area contributed by atoms with Crippen LogP contribution in [0.5, 0.6) is 0 Å². The largest absolute Gasteiger partial charge is 0.349 e. The highest BCUT2D eigenvalue weighted by Gasteiger charge is 2.35. The standard InChI is InChI=1S/C32H50N2/c1-10-22(5)27-16-14-17-28(23(6)11-2)31(27)33-20-21-34(26(33)9)32-29(24(7)12-3)18-15-19-30(32)25(8)13-4/h14-19,22-26H,10-13,20-21H2,1-9H3. The lowest BCUT2D eigenvalue weighted by atomic mass is 9.88. The molecule has 0 N–H and O–H groups in total. The van der Waals surface area contributed by atoms with Crippen molar-refractivity contribution in [1.29, 1.82) is 0 Å². The molecule has 0 spiro atoms. The van der Waals surface area contributed by atoms with Gasteiger partial charge in [0.05, 0.1) is 6.17 Å². The number of hydrogen-bond donors (Lipinski definition) is 0. The van der Waals surface area contributed by atoms with E-state index in [-0.39, 0.29) is 0 Å². The lowest BCUT2D eigenvalue weighted by Crippen LogP contribution is -2.38. The molecule has 1 aliphatic heterocycles. The fraction of sp³-hybridized carbons (Fsp3) is 0.625. The Hall–Kier alpha value is -1.96. The van der Waals surface area contributed by atoms with Crippen molar-refractivity contribution in [2.75, 3.05) is 22.9 Å². The Labute approximate surface area is 210 Å². The molecule has 3 rings (SSSR count).